The van der Waals surface area contributed by atoms with Gasteiger partial charge in [-0.15, -0.1) is 0 Å². The second-order valence-corrected chi connectivity index (χ2v) is 4.01. The molecule has 0 saturated heterocycles. The van der Waals surface area contributed by atoms with Crippen LogP contribution in [0, 0.1) is 0 Å². The Morgan fingerprint density at radius 2 is 2.11 bits per heavy atom. The molecule has 5 nitrogen and oxygen atoms in total. The molecule has 98 valence electrons. The lowest BCUT2D eigenvalue weighted by atomic mass is 10.2. The highest BCUT2D eigenvalue weighted by atomic mass is 16.5. The molecule has 2 rings (SSSR count). The minimum atomic E-state index is -0.963. The van der Waals surface area contributed by atoms with Crippen LogP contribution in [0.1, 0.15) is 11.3 Å². The molecule has 19 heavy (non-hydrogen) atoms. The second-order valence-electron chi connectivity index (χ2n) is 4.01. The van der Waals surface area contributed by atoms with Crippen molar-refractivity contribution in [1.82, 2.24) is 9.78 Å². The lowest BCUT2D eigenvalue weighted by Crippen LogP contribution is -1.97. The number of carboxylic acid groups (broad SMARTS) is 1. The van der Waals surface area contributed by atoms with E-state index in [1.165, 1.54) is 6.08 Å². The van der Waals surface area contributed by atoms with Gasteiger partial charge in [-0.25, -0.2) is 4.79 Å². The van der Waals surface area contributed by atoms with Crippen LogP contribution in [0.25, 0.3) is 6.08 Å². The van der Waals surface area contributed by atoms with Crippen LogP contribution in [0.3, 0.4) is 0 Å². The van der Waals surface area contributed by atoms with Gasteiger partial charge in [0.15, 0.2) is 0 Å². The SMILES string of the molecule is Cn1ccc(COc2ccc(/C=C/C(=O)O)cc2)n1. The molecular formula is C14H14N2O3. The molecule has 1 N–H and O–H groups in total. The highest BCUT2D eigenvalue weighted by Crippen LogP contribution is 2.14. The predicted molar refractivity (Wildman–Crippen MR) is 70.7 cm³/mol. The first-order valence-electron chi connectivity index (χ1n) is 5.76. The summed E-state index contributed by atoms with van der Waals surface area (Å²) in [6.45, 7) is 0.408. The topological polar surface area (TPSA) is 64.3 Å². The number of nitrogens with zero attached hydrogens (tertiary/aromatic N) is 2. The highest BCUT2D eigenvalue weighted by molar-refractivity contribution is 5.85. The number of aliphatic carboxylic acids is 1. The van der Waals surface area contributed by atoms with Gasteiger partial charge in [-0.1, -0.05) is 12.1 Å². The molecule has 2 aromatic rings. The number of ether oxygens (including phenoxy) is 1. The van der Waals surface area contributed by atoms with Gasteiger partial charge in [0.1, 0.15) is 12.4 Å². The van der Waals surface area contributed by atoms with Gasteiger partial charge in [-0.05, 0) is 29.8 Å². The predicted octanol–water partition coefficient (Wildman–Crippen LogP) is 2.10. The molecule has 0 unspecified atom stereocenters. The van der Waals surface area contributed by atoms with Gasteiger partial charge in [0, 0.05) is 19.3 Å². The van der Waals surface area contributed by atoms with Crippen molar-refractivity contribution < 1.29 is 14.6 Å². The summed E-state index contributed by atoms with van der Waals surface area (Å²) < 4.78 is 7.29. The zero-order valence-electron chi connectivity index (χ0n) is 10.5. The molecule has 0 saturated carbocycles. The molecule has 0 spiro atoms. The molecule has 0 bridgehead atoms. The summed E-state index contributed by atoms with van der Waals surface area (Å²) in [5, 5.41) is 12.7. The molecule has 0 aliphatic heterocycles. The van der Waals surface area contributed by atoms with Gasteiger partial charge < -0.3 is 9.84 Å². The van der Waals surface area contributed by atoms with Crippen LogP contribution in [-0.4, -0.2) is 20.9 Å². The zero-order valence-corrected chi connectivity index (χ0v) is 10.5. The lowest BCUT2D eigenvalue weighted by molar-refractivity contribution is -0.131. The van der Waals surface area contributed by atoms with Gasteiger partial charge in [-0.3, -0.25) is 4.68 Å². The summed E-state index contributed by atoms with van der Waals surface area (Å²) in [6, 6.07) is 9.08. The summed E-state index contributed by atoms with van der Waals surface area (Å²) in [7, 11) is 1.85. The molecule has 0 atom stereocenters. The van der Waals surface area contributed by atoms with Gasteiger partial charge in [-0.2, -0.15) is 5.10 Å². The molecule has 0 aliphatic rings. The number of hydrogen-bond acceptors (Lipinski definition) is 3. The molecule has 0 amide bonds. The van der Waals surface area contributed by atoms with Crippen LogP contribution in [0.15, 0.2) is 42.6 Å². The van der Waals surface area contributed by atoms with Crippen LogP contribution in [0.5, 0.6) is 5.75 Å². The fourth-order valence-electron chi connectivity index (χ4n) is 1.54. The Morgan fingerprint density at radius 1 is 1.37 bits per heavy atom. The Morgan fingerprint density at radius 3 is 2.68 bits per heavy atom. The van der Waals surface area contributed by atoms with E-state index in [0.29, 0.717) is 6.61 Å². The van der Waals surface area contributed by atoms with Gasteiger partial charge >= 0.3 is 5.97 Å². The van der Waals surface area contributed by atoms with E-state index in [1.54, 1.807) is 28.9 Å². The summed E-state index contributed by atoms with van der Waals surface area (Å²) in [4.78, 5) is 10.4. The molecule has 0 fully saturated rings. The molecular weight excluding hydrogens is 244 g/mol. The van der Waals surface area contributed by atoms with Crippen LogP contribution in [-0.2, 0) is 18.4 Å². The van der Waals surface area contributed by atoms with Gasteiger partial charge in [0.2, 0.25) is 0 Å². The van der Waals surface area contributed by atoms with Gasteiger partial charge in [0.25, 0.3) is 0 Å². The lowest BCUT2D eigenvalue weighted by Gasteiger charge is -2.04. The van der Waals surface area contributed by atoms with E-state index >= 15 is 0 Å². The van der Waals surface area contributed by atoms with E-state index < -0.39 is 5.97 Å². The Kier molecular flexibility index (Phi) is 3.97. The third kappa shape index (κ3) is 3.99. The Bertz CT molecular complexity index is 585. The number of benzene rings is 1. The van der Waals surface area contributed by atoms with Crippen LogP contribution in [0.4, 0.5) is 0 Å². The fourth-order valence-corrected chi connectivity index (χ4v) is 1.54. The number of aryl methyl sites for hydroxylation is 1. The summed E-state index contributed by atoms with van der Waals surface area (Å²) in [5.41, 5.74) is 1.67. The van der Waals surface area contributed by atoms with Crippen LogP contribution < -0.4 is 4.74 Å². The van der Waals surface area contributed by atoms with Gasteiger partial charge in [0.05, 0.1) is 5.69 Å². The van der Waals surface area contributed by atoms with Crippen molar-refractivity contribution in [3.05, 3.63) is 53.9 Å². The van der Waals surface area contributed by atoms with Crippen molar-refractivity contribution in [3.8, 4) is 5.75 Å². The molecule has 1 aromatic carbocycles. The largest absolute Gasteiger partial charge is 0.487 e. The number of aromatic nitrogens is 2. The summed E-state index contributed by atoms with van der Waals surface area (Å²) in [6.07, 6.45) is 4.49. The Balaban J connectivity index is 1.93. The molecule has 1 aromatic heterocycles. The maximum Gasteiger partial charge on any atom is 0.328 e. The third-order valence-corrected chi connectivity index (χ3v) is 2.45. The molecule has 0 radical (unpaired) electrons. The van der Waals surface area contributed by atoms with Crippen molar-refractivity contribution in [2.45, 2.75) is 6.61 Å². The van der Waals surface area contributed by atoms with E-state index in [-0.39, 0.29) is 0 Å². The maximum absolute atomic E-state index is 10.4. The summed E-state index contributed by atoms with van der Waals surface area (Å²) >= 11 is 0. The average molecular weight is 258 g/mol. The Labute approximate surface area is 110 Å². The number of hydrogen-bond donors (Lipinski definition) is 1. The zero-order chi connectivity index (χ0) is 13.7. The van der Waals surface area contributed by atoms with Crippen LogP contribution in [0.2, 0.25) is 0 Å². The minimum Gasteiger partial charge on any atom is -0.487 e. The highest BCUT2D eigenvalue weighted by Gasteiger charge is 1.99. The van der Waals surface area contributed by atoms with E-state index in [0.717, 1.165) is 23.1 Å². The monoisotopic (exact) mass is 258 g/mol. The first-order valence-corrected chi connectivity index (χ1v) is 5.76. The quantitative estimate of drug-likeness (QED) is 0.834. The van der Waals surface area contributed by atoms with E-state index in [9.17, 15) is 4.79 Å². The number of carbonyl (C=O) groups is 1. The van der Waals surface area contributed by atoms with Crippen molar-refractivity contribution in [1.29, 1.82) is 0 Å². The second kappa shape index (κ2) is 5.86. The molecule has 5 heteroatoms. The molecule has 1 heterocycles. The number of rotatable bonds is 5. The first kappa shape index (κ1) is 12.9. The number of carboxylic acids is 1. The standard InChI is InChI=1S/C14H14N2O3/c1-16-9-8-12(15-16)10-19-13-5-2-11(3-6-13)4-7-14(17)18/h2-9H,10H2,1H3,(H,17,18)/b7-4+. The summed E-state index contributed by atoms with van der Waals surface area (Å²) in [5.74, 6) is -0.242. The van der Waals surface area contributed by atoms with Crippen LogP contribution >= 0.6 is 0 Å². The normalized spacial score (nSPS) is 10.8. The van der Waals surface area contributed by atoms with E-state index in [1.807, 2.05) is 19.3 Å². The first-order chi connectivity index (χ1) is 9.13. The third-order valence-electron chi connectivity index (χ3n) is 2.45. The average Bonchev–Trinajstić information content (AvgIpc) is 2.81. The fraction of sp³-hybridized carbons (Fsp3) is 0.143. The smallest absolute Gasteiger partial charge is 0.328 e. The maximum atomic E-state index is 10.4. The van der Waals surface area contributed by atoms with E-state index in [2.05, 4.69) is 5.10 Å². The van der Waals surface area contributed by atoms with E-state index in [4.69, 9.17) is 9.84 Å². The Hall–Kier alpha value is -2.56. The van der Waals surface area contributed by atoms with Crippen molar-refractivity contribution in [3.63, 3.8) is 0 Å². The van der Waals surface area contributed by atoms with Crippen molar-refractivity contribution in [2.75, 3.05) is 0 Å². The minimum absolute atomic E-state index is 0.408. The van der Waals surface area contributed by atoms with Crippen molar-refractivity contribution in [2.24, 2.45) is 7.05 Å². The van der Waals surface area contributed by atoms with Crippen molar-refractivity contribution >= 4 is 12.0 Å². The molecule has 0 aliphatic carbocycles.